The van der Waals surface area contributed by atoms with Crippen molar-refractivity contribution in [2.24, 2.45) is 5.73 Å². The largest absolute Gasteiger partial charge is 0.497 e. The van der Waals surface area contributed by atoms with E-state index in [-0.39, 0.29) is 16.0 Å². The van der Waals surface area contributed by atoms with Gasteiger partial charge in [-0.3, -0.25) is 9.78 Å². The standard InChI is InChI=1S/C19H20N4O4S/c1-23(2)28(25,26)16-9-5-8-14-17(15(19(20)24)11-21-18(14)16)22-12-6-4-7-13(10-12)27-3/h4-11H,1-3H3,(H2,20,24)(H,21,22). The van der Waals surface area contributed by atoms with Gasteiger partial charge in [0.15, 0.2) is 0 Å². The van der Waals surface area contributed by atoms with Gasteiger partial charge in [0.05, 0.1) is 23.9 Å². The van der Waals surface area contributed by atoms with Gasteiger partial charge in [0.1, 0.15) is 10.6 Å². The predicted molar refractivity (Wildman–Crippen MR) is 107 cm³/mol. The maximum atomic E-state index is 12.7. The van der Waals surface area contributed by atoms with Crippen LogP contribution in [0.25, 0.3) is 10.9 Å². The van der Waals surface area contributed by atoms with E-state index in [1.807, 2.05) is 0 Å². The van der Waals surface area contributed by atoms with Crippen LogP contribution in [0.1, 0.15) is 10.4 Å². The lowest BCUT2D eigenvalue weighted by molar-refractivity contribution is 0.100. The van der Waals surface area contributed by atoms with Gasteiger partial charge >= 0.3 is 0 Å². The van der Waals surface area contributed by atoms with Crippen molar-refractivity contribution in [3.8, 4) is 5.75 Å². The van der Waals surface area contributed by atoms with E-state index in [4.69, 9.17) is 10.5 Å². The highest BCUT2D eigenvalue weighted by molar-refractivity contribution is 7.89. The van der Waals surface area contributed by atoms with Crippen LogP contribution in [-0.4, -0.2) is 44.8 Å². The summed E-state index contributed by atoms with van der Waals surface area (Å²) in [6, 6.07) is 11.9. The molecule has 3 rings (SSSR count). The lowest BCUT2D eigenvalue weighted by Crippen LogP contribution is -2.23. The van der Waals surface area contributed by atoms with E-state index in [9.17, 15) is 13.2 Å². The number of carbonyl (C=O) groups excluding carboxylic acids is 1. The van der Waals surface area contributed by atoms with Crippen molar-refractivity contribution in [2.45, 2.75) is 4.90 Å². The van der Waals surface area contributed by atoms with Crippen molar-refractivity contribution in [3.05, 3.63) is 54.2 Å². The Labute approximate surface area is 163 Å². The number of carbonyl (C=O) groups is 1. The SMILES string of the molecule is COc1cccc(Nc2c(C(N)=O)cnc3c(S(=O)(=O)N(C)C)cccc23)c1. The maximum absolute atomic E-state index is 12.7. The molecule has 1 amide bonds. The highest BCUT2D eigenvalue weighted by Gasteiger charge is 2.23. The number of nitrogens with two attached hydrogens (primary N) is 1. The van der Waals surface area contributed by atoms with Gasteiger partial charge in [0.2, 0.25) is 10.0 Å². The van der Waals surface area contributed by atoms with Crippen LogP contribution in [0.4, 0.5) is 11.4 Å². The third-order valence-corrected chi connectivity index (χ3v) is 6.07. The zero-order chi connectivity index (χ0) is 20.5. The fourth-order valence-corrected chi connectivity index (χ4v) is 3.82. The Morgan fingerprint density at radius 3 is 2.54 bits per heavy atom. The highest BCUT2D eigenvalue weighted by Crippen LogP contribution is 2.33. The normalized spacial score (nSPS) is 11.6. The summed E-state index contributed by atoms with van der Waals surface area (Å²) < 4.78 is 31.7. The second-order valence-corrected chi connectivity index (χ2v) is 8.33. The van der Waals surface area contributed by atoms with Gasteiger partial charge in [-0.2, -0.15) is 0 Å². The Balaban J connectivity index is 2.27. The molecule has 0 aliphatic heterocycles. The van der Waals surface area contributed by atoms with Crippen molar-refractivity contribution in [3.63, 3.8) is 0 Å². The van der Waals surface area contributed by atoms with Gasteiger partial charge in [-0.1, -0.05) is 18.2 Å². The van der Waals surface area contributed by atoms with Crippen LogP contribution in [0, 0.1) is 0 Å². The number of benzene rings is 2. The average Bonchev–Trinajstić information content (AvgIpc) is 2.67. The highest BCUT2D eigenvalue weighted by atomic mass is 32.2. The van der Waals surface area contributed by atoms with Crippen molar-refractivity contribution < 1.29 is 17.9 Å². The quantitative estimate of drug-likeness (QED) is 0.656. The molecule has 0 aliphatic carbocycles. The molecule has 28 heavy (non-hydrogen) atoms. The number of anilines is 2. The monoisotopic (exact) mass is 400 g/mol. The Bertz CT molecular complexity index is 1160. The summed E-state index contributed by atoms with van der Waals surface area (Å²) >= 11 is 0. The number of rotatable bonds is 6. The van der Waals surface area contributed by atoms with Gasteiger partial charge in [-0.25, -0.2) is 12.7 Å². The summed E-state index contributed by atoms with van der Waals surface area (Å²) in [5, 5.41) is 3.61. The number of aromatic nitrogens is 1. The molecule has 9 heteroatoms. The number of hydrogen-bond donors (Lipinski definition) is 2. The molecule has 0 atom stereocenters. The molecule has 1 heterocycles. The number of pyridine rings is 1. The number of ether oxygens (including phenoxy) is 1. The van der Waals surface area contributed by atoms with Crippen molar-refractivity contribution in [1.29, 1.82) is 0 Å². The number of para-hydroxylation sites is 1. The summed E-state index contributed by atoms with van der Waals surface area (Å²) in [6.07, 6.45) is 1.28. The Morgan fingerprint density at radius 1 is 1.18 bits per heavy atom. The van der Waals surface area contributed by atoms with E-state index in [0.29, 0.717) is 22.5 Å². The zero-order valence-corrected chi connectivity index (χ0v) is 16.4. The third kappa shape index (κ3) is 3.49. The molecule has 8 nitrogen and oxygen atoms in total. The number of nitrogens with zero attached hydrogens (tertiary/aromatic N) is 2. The molecule has 0 radical (unpaired) electrons. The van der Waals surface area contributed by atoms with Crippen LogP contribution < -0.4 is 15.8 Å². The average molecular weight is 400 g/mol. The molecule has 3 N–H and O–H groups in total. The first-order chi connectivity index (χ1) is 13.3. The van der Waals surface area contributed by atoms with Crippen LogP contribution in [-0.2, 0) is 10.0 Å². The molecule has 0 saturated carbocycles. The summed E-state index contributed by atoms with van der Waals surface area (Å²) in [7, 11) is 0.711. The summed E-state index contributed by atoms with van der Waals surface area (Å²) in [6.45, 7) is 0. The molecule has 0 unspecified atom stereocenters. The maximum Gasteiger partial charge on any atom is 0.252 e. The molecule has 0 saturated heterocycles. The Morgan fingerprint density at radius 2 is 1.89 bits per heavy atom. The smallest absolute Gasteiger partial charge is 0.252 e. The molecule has 1 aromatic heterocycles. The number of fused-ring (bicyclic) bond motifs is 1. The first-order valence-electron chi connectivity index (χ1n) is 8.31. The number of methoxy groups -OCH3 is 1. The number of sulfonamides is 1. The van der Waals surface area contributed by atoms with Crippen LogP contribution in [0.5, 0.6) is 5.75 Å². The third-order valence-electron chi connectivity index (χ3n) is 4.22. The van der Waals surface area contributed by atoms with Crippen LogP contribution in [0.3, 0.4) is 0 Å². The molecular weight excluding hydrogens is 380 g/mol. The lowest BCUT2D eigenvalue weighted by Gasteiger charge is -2.17. The van der Waals surface area contributed by atoms with Gasteiger partial charge in [0, 0.05) is 37.4 Å². The number of nitrogens with one attached hydrogen (secondary N) is 1. The first kappa shape index (κ1) is 19.6. The van der Waals surface area contributed by atoms with Crippen molar-refractivity contribution >= 4 is 38.2 Å². The minimum Gasteiger partial charge on any atom is -0.497 e. The predicted octanol–water partition coefficient (Wildman–Crippen LogP) is 2.34. The molecule has 0 spiro atoms. The van der Waals surface area contributed by atoms with E-state index in [1.54, 1.807) is 43.5 Å². The lowest BCUT2D eigenvalue weighted by atomic mass is 10.1. The summed E-state index contributed by atoms with van der Waals surface area (Å²) in [5.41, 5.74) is 6.93. The minimum absolute atomic E-state index is 0.0414. The number of amides is 1. The zero-order valence-electron chi connectivity index (χ0n) is 15.6. The fourth-order valence-electron chi connectivity index (χ4n) is 2.77. The number of hydrogen-bond acceptors (Lipinski definition) is 6. The van der Waals surface area contributed by atoms with Crippen LogP contribution >= 0.6 is 0 Å². The van der Waals surface area contributed by atoms with E-state index < -0.39 is 15.9 Å². The molecule has 0 aliphatic rings. The molecule has 0 bridgehead atoms. The number of primary amides is 1. The molecule has 0 fully saturated rings. The molecule has 146 valence electrons. The van der Waals surface area contributed by atoms with Crippen LogP contribution in [0.2, 0.25) is 0 Å². The molecule has 2 aromatic carbocycles. The van der Waals surface area contributed by atoms with Gasteiger partial charge in [-0.05, 0) is 18.2 Å². The Kier molecular flexibility index (Phi) is 5.21. The fraction of sp³-hybridized carbons (Fsp3) is 0.158. The van der Waals surface area contributed by atoms with Crippen molar-refractivity contribution in [2.75, 3.05) is 26.5 Å². The van der Waals surface area contributed by atoms with Gasteiger partial charge in [0.25, 0.3) is 5.91 Å². The van der Waals surface area contributed by atoms with Crippen LogP contribution in [0.15, 0.2) is 53.6 Å². The van der Waals surface area contributed by atoms with Gasteiger partial charge < -0.3 is 15.8 Å². The topological polar surface area (TPSA) is 115 Å². The van der Waals surface area contributed by atoms with E-state index >= 15 is 0 Å². The van der Waals surface area contributed by atoms with Crippen molar-refractivity contribution in [1.82, 2.24) is 9.29 Å². The van der Waals surface area contributed by atoms with E-state index in [0.717, 1.165) is 4.31 Å². The second kappa shape index (κ2) is 7.45. The van der Waals surface area contributed by atoms with Gasteiger partial charge in [-0.15, -0.1) is 0 Å². The minimum atomic E-state index is -3.73. The van der Waals surface area contributed by atoms with E-state index in [2.05, 4.69) is 10.3 Å². The summed E-state index contributed by atoms with van der Waals surface area (Å²) in [5.74, 6) is -0.0551. The molecule has 3 aromatic rings. The molecular formula is C19H20N4O4S. The second-order valence-electron chi connectivity index (χ2n) is 6.21. The Hall–Kier alpha value is -3.17. The summed E-state index contributed by atoms with van der Waals surface area (Å²) in [4.78, 5) is 16.2. The van der Waals surface area contributed by atoms with E-state index in [1.165, 1.54) is 26.4 Å². The first-order valence-corrected chi connectivity index (χ1v) is 9.75.